The summed E-state index contributed by atoms with van der Waals surface area (Å²) in [5, 5.41) is 3.17. The van der Waals surface area contributed by atoms with Crippen LogP contribution in [0.1, 0.15) is 19.8 Å². The van der Waals surface area contributed by atoms with Crippen LogP contribution in [0.4, 0.5) is 10.1 Å². The first-order valence-corrected chi connectivity index (χ1v) is 11.5. The Hall–Kier alpha value is -1.87. The third-order valence-corrected chi connectivity index (χ3v) is 7.16. The molecular formula is C20H21Cl2FN2O4S. The van der Waals surface area contributed by atoms with Crippen molar-refractivity contribution in [3.63, 3.8) is 0 Å². The summed E-state index contributed by atoms with van der Waals surface area (Å²) in [6.45, 7) is 2.26. The van der Waals surface area contributed by atoms with Crippen molar-refractivity contribution in [1.82, 2.24) is 5.32 Å². The molecule has 2 aromatic carbocycles. The standard InChI is InChI=1S/C20H21Cl2FN2O4S/c1-13(20(26)24-12-16-3-2-10-29-16)25(19-11-15(22)6-9-18(19)23)30(27,28)17-7-4-14(21)5-8-17/h4-9,11,13,16H,2-3,10,12H2,1H3,(H,24,26)/t13-,16?/m1/s1. The number of sulfonamides is 1. The highest BCUT2D eigenvalue weighted by Gasteiger charge is 2.35. The summed E-state index contributed by atoms with van der Waals surface area (Å²) in [7, 11) is -4.31. The molecule has 0 bridgehead atoms. The van der Waals surface area contributed by atoms with Crippen LogP contribution in [0.3, 0.4) is 0 Å². The number of nitrogens with zero attached hydrogens (tertiary/aromatic N) is 1. The van der Waals surface area contributed by atoms with Crippen LogP contribution in [0.5, 0.6) is 0 Å². The second kappa shape index (κ2) is 9.51. The van der Waals surface area contributed by atoms with Crippen LogP contribution >= 0.6 is 23.2 Å². The lowest BCUT2D eigenvalue weighted by molar-refractivity contribution is -0.122. The molecule has 1 aliphatic rings. The number of amides is 1. The van der Waals surface area contributed by atoms with Crippen LogP contribution in [0.25, 0.3) is 0 Å². The van der Waals surface area contributed by atoms with Crippen LogP contribution in [0, 0.1) is 5.82 Å². The van der Waals surface area contributed by atoms with E-state index >= 15 is 0 Å². The Kier molecular flexibility index (Phi) is 7.23. The van der Waals surface area contributed by atoms with Gasteiger partial charge < -0.3 is 10.1 Å². The molecule has 0 aromatic heterocycles. The molecule has 0 saturated carbocycles. The van der Waals surface area contributed by atoms with Gasteiger partial charge in [-0.1, -0.05) is 23.2 Å². The molecule has 2 aromatic rings. The van der Waals surface area contributed by atoms with E-state index in [1.807, 2.05) is 0 Å². The summed E-state index contributed by atoms with van der Waals surface area (Å²) >= 11 is 11.8. The predicted octanol–water partition coefficient (Wildman–Crippen LogP) is 4.01. The summed E-state index contributed by atoms with van der Waals surface area (Å²) in [5.74, 6) is -1.40. The molecule has 6 nitrogen and oxygen atoms in total. The third-order valence-electron chi connectivity index (χ3n) is 4.78. The maximum absolute atomic E-state index is 14.6. The van der Waals surface area contributed by atoms with Crippen molar-refractivity contribution in [1.29, 1.82) is 0 Å². The number of carbonyl (C=O) groups excluding carboxylic acids is 1. The molecule has 30 heavy (non-hydrogen) atoms. The summed E-state index contributed by atoms with van der Waals surface area (Å²) in [5.41, 5.74) is -0.322. The van der Waals surface area contributed by atoms with Crippen LogP contribution < -0.4 is 9.62 Å². The van der Waals surface area contributed by atoms with Gasteiger partial charge in [0.1, 0.15) is 11.9 Å². The zero-order valence-corrected chi connectivity index (χ0v) is 18.5. The van der Waals surface area contributed by atoms with E-state index in [9.17, 15) is 17.6 Å². The van der Waals surface area contributed by atoms with Crippen molar-refractivity contribution in [2.45, 2.75) is 36.8 Å². The zero-order valence-electron chi connectivity index (χ0n) is 16.1. The van der Waals surface area contributed by atoms with Crippen molar-refractivity contribution < 1.29 is 22.3 Å². The topological polar surface area (TPSA) is 75.7 Å². The van der Waals surface area contributed by atoms with E-state index in [4.69, 9.17) is 27.9 Å². The quantitative estimate of drug-likeness (QED) is 0.657. The van der Waals surface area contributed by atoms with Gasteiger partial charge in [-0.25, -0.2) is 12.8 Å². The minimum absolute atomic E-state index is 0.120. The fourth-order valence-electron chi connectivity index (χ4n) is 3.20. The van der Waals surface area contributed by atoms with E-state index in [0.717, 1.165) is 23.2 Å². The predicted molar refractivity (Wildman–Crippen MR) is 114 cm³/mol. The van der Waals surface area contributed by atoms with Gasteiger partial charge in [-0.3, -0.25) is 9.10 Å². The first-order chi connectivity index (χ1) is 14.2. The van der Waals surface area contributed by atoms with Crippen molar-refractivity contribution in [2.24, 2.45) is 0 Å². The van der Waals surface area contributed by atoms with Crippen LogP contribution in [0.2, 0.25) is 10.0 Å². The monoisotopic (exact) mass is 474 g/mol. The van der Waals surface area contributed by atoms with Crippen LogP contribution in [-0.4, -0.2) is 39.6 Å². The fourth-order valence-corrected chi connectivity index (χ4v) is 5.11. The molecule has 1 amide bonds. The summed E-state index contributed by atoms with van der Waals surface area (Å²) < 4.78 is 47.6. The molecule has 0 aliphatic carbocycles. The Morgan fingerprint density at radius 2 is 1.90 bits per heavy atom. The number of halogens is 3. The van der Waals surface area contributed by atoms with E-state index in [0.29, 0.717) is 11.6 Å². The van der Waals surface area contributed by atoms with Crippen molar-refractivity contribution >= 4 is 44.8 Å². The molecule has 162 valence electrons. The molecule has 1 saturated heterocycles. The lowest BCUT2D eigenvalue weighted by Gasteiger charge is -2.30. The lowest BCUT2D eigenvalue weighted by Crippen LogP contribution is -2.49. The average molecular weight is 475 g/mol. The Balaban J connectivity index is 1.97. The number of ether oxygens (including phenoxy) is 1. The van der Waals surface area contributed by atoms with Gasteiger partial charge >= 0.3 is 0 Å². The maximum Gasteiger partial charge on any atom is 0.265 e. The normalized spacial score (nSPS) is 17.5. The molecule has 1 unspecified atom stereocenters. The highest BCUT2D eigenvalue weighted by atomic mass is 35.5. The van der Waals surface area contributed by atoms with Gasteiger partial charge in [-0.15, -0.1) is 0 Å². The first kappa shape index (κ1) is 22.8. The molecule has 1 N–H and O–H groups in total. The number of benzene rings is 2. The van der Waals surface area contributed by atoms with Gasteiger partial charge in [0.05, 0.1) is 16.7 Å². The van der Waals surface area contributed by atoms with E-state index in [1.54, 1.807) is 0 Å². The van der Waals surface area contributed by atoms with Crippen LogP contribution in [0.15, 0.2) is 47.4 Å². The maximum atomic E-state index is 14.6. The Bertz CT molecular complexity index is 1010. The van der Waals surface area contributed by atoms with Gasteiger partial charge in [0.15, 0.2) is 0 Å². The highest BCUT2D eigenvalue weighted by Crippen LogP contribution is 2.31. The zero-order chi connectivity index (χ0) is 21.9. The Morgan fingerprint density at radius 1 is 1.23 bits per heavy atom. The number of hydrogen-bond donors (Lipinski definition) is 1. The minimum atomic E-state index is -4.31. The van der Waals surface area contributed by atoms with Crippen molar-refractivity contribution in [3.8, 4) is 0 Å². The van der Waals surface area contributed by atoms with Gasteiger partial charge in [0.25, 0.3) is 10.0 Å². The smallest absolute Gasteiger partial charge is 0.265 e. The fraction of sp³-hybridized carbons (Fsp3) is 0.350. The largest absolute Gasteiger partial charge is 0.376 e. The van der Waals surface area contributed by atoms with Gasteiger partial charge in [0, 0.05) is 23.2 Å². The number of rotatable bonds is 7. The molecule has 2 atom stereocenters. The molecule has 1 aliphatic heterocycles. The number of nitrogens with one attached hydrogen (secondary N) is 1. The number of anilines is 1. The van der Waals surface area contributed by atoms with Gasteiger partial charge in [-0.2, -0.15) is 0 Å². The molecule has 1 heterocycles. The molecular weight excluding hydrogens is 454 g/mol. The number of carbonyl (C=O) groups is 1. The Morgan fingerprint density at radius 3 is 2.53 bits per heavy atom. The second-order valence-corrected chi connectivity index (χ2v) is 9.59. The van der Waals surface area contributed by atoms with E-state index in [2.05, 4.69) is 5.32 Å². The first-order valence-electron chi connectivity index (χ1n) is 9.34. The van der Waals surface area contributed by atoms with E-state index in [-0.39, 0.29) is 28.3 Å². The molecule has 1 fully saturated rings. The Labute approximate surface area is 185 Å². The molecule has 0 radical (unpaired) electrons. The second-order valence-electron chi connectivity index (χ2n) is 6.91. The summed E-state index contributed by atoms with van der Waals surface area (Å²) in [6, 6.07) is 7.68. The van der Waals surface area contributed by atoms with Crippen molar-refractivity contribution in [3.05, 3.63) is 58.3 Å². The van der Waals surface area contributed by atoms with E-state index in [1.165, 1.54) is 43.3 Å². The van der Waals surface area contributed by atoms with Crippen molar-refractivity contribution in [2.75, 3.05) is 17.5 Å². The van der Waals surface area contributed by atoms with E-state index < -0.39 is 27.8 Å². The number of hydrogen-bond acceptors (Lipinski definition) is 4. The van der Waals surface area contributed by atoms with Crippen LogP contribution in [-0.2, 0) is 19.6 Å². The highest BCUT2D eigenvalue weighted by molar-refractivity contribution is 7.93. The van der Waals surface area contributed by atoms with Gasteiger partial charge in [-0.05, 0) is 62.2 Å². The molecule has 10 heteroatoms. The third kappa shape index (κ3) is 5.06. The molecule has 3 rings (SSSR count). The summed E-state index contributed by atoms with van der Waals surface area (Å²) in [4.78, 5) is 12.7. The minimum Gasteiger partial charge on any atom is -0.376 e. The SMILES string of the molecule is C[C@H](C(=O)NCC1CCCO1)N(c1cc(Cl)ccc1F)S(=O)(=O)c1ccc(Cl)cc1. The van der Waals surface area contributed by atoms with Gasteiger partial charge in [0.2, 0.25) is 5.91 Å². The molecule has 0 spiro atoms. The average Bonchev–Trinajstić information content (AvgIpc) is 3.22. The lowest BCUT2D eigenvalue weighted by atomic mass is 10.2. The summed E-state index contributed by atoms with van der Waals surface area (Å²) in [6.07, 6.45) is 1.59.